The quantitative estimate of drug-likeness (QED) is 0.357. The summed E-state index contributed by atoms with van der Waals surface area (Å²) in [5.74, 6) is -3.56. The van der Waals surface area contributed by atoms with Crippen LogP contribution in [0.2, 0.25) is 5.02 Å². The largest absolute Gasteiger partial charge is 0.478 e. The van der Waals surface area contributed by atoms with E-state index in [0.29, 0.717) is 6.07 Å². The first kappa shape index (κ1) is 18.1. The van der Waals surface area contributed by atoms with Crippen LogP contribution in [-0.2, 0) is 4.79 Å². The molecule has 2 aromatic rings. The number of carboxylic acid groups (broad SMARTS) is 1. The van der Waals surface area contributed by atoms with Crippen LogP contribution in [0.15, 0.2) is 30.3 Å². The number of nitrogens with zero attached hydrogens (tertiary/aromatic N) is 1. The van der Waals surface area contributed by atoms with Crippen molar-refractivity contribution >= 4 is 40.6 Å². The summed E-state index contributed by atoms with van der Waals surface area (Å²) < 4.78 is 18.9. The third-order valence-electron chi connectivity index (χ3n) is 2.99. The van der Waals surface area contributed by atoms with Gasteiger partial charge in [-0.2, -0.15) is 0 Å². The van der Waals surface area contributed by atoms with Gasteiger partial charge >= 0.3 is 11.9 Å². The Labute approximate surface area is 144 Å². The zero-order valence-electron chi connectivity index (χ0n) is 12.6. The van der Waals surface area contributed by atoms with Crippen LogP contribution in [0.3, 0.4) is 0 Å². The topological polar surface area (TPSA) is 119 Å². The third kappa shape index (κ3) is 4.21. The second-order valence-electron chi connectivity index (χ2n) is 4.77. The minimum atomic E-state index is -1.48. The Kier molecular flexibility index (Phi) is 5.18. The molecule has 0 fully saturated rings. The molecule has 0 spiro atoms. The fourth-order valence-corrected chi connectivity index (χ4v) is 2.14. The van der Waals surface area contributed by atoms with Crippen molar-refractivity contribution in [2.75, 3.05) is 5.32 Å². The van der Waals surface area contributed by atoms with E-state index in [-0.39, 0.29) is 27.8 Å². The average Bonchev–Trinajstić information content (AvgIpc) is 2.51. The number of nitro groups is 1. The zero-order valence-corrected chi connectivity index (χ0v) is 13.3. The van der Waals surface area contributed by atoms with Crippen molar-refractivity contribution in [3.05, 3.63) is 56.8 Å². The number of rotatable bonds is 5. The van der Waals surface area contributed by atoms with Crippen molar-refractivity contribution in [1.82, 2.24) is 0 Å². The molecular formula is C15H10ClFN2O6. The van der Waals surface area contributed by atoms with Crippen LogP contribution in [0.5, 0.6) is 5.75 Å². The number of esters is 1. The van der Waals surface area contributed by atoms with Crippen LogP contribution >= 0.6 is 11.6 Å². The van der Waals surface area contributed by atoms with Crippen molar-refractivity contribution in [3.8, 4) is 5.75 Å². The number of benzene rings is 2. The number of hydrogen-bond acceptors (Lipinski definition) is 6. The highest BCUT2D eigenvalue weighted by Gasteiger charge is 2.19. The smallest absolute Gasteiger partial charge is 0.339 e. The van der Waals surface area contributed by atoms with Crippen molar-refractivity contribution in [2.45, 2.75) is 6.92 Å². The first-order valence-electron chi connectivity index (χ1n) is 6.65. The predicted octanol–water partition coefficient (Wildman–Crippen LogP) is 3.75. The van der Waals surface area contributed by atoms with Gasteiger partial charge in [0.2, 0.25) is 0 Å². The van der Waals surface area contributed by atoms with Gasteiger partial charge in [-0.05, 0) is 12.1 Å². The monoisotopic (exact) mass is 368 g/mol. The fourth-order valence-electron chi connectivity index (χ4n) is 1.92. The Balaban J connectivity index is 2.44. The van der Waals surface area contributed by atoms with Gasteiger partial charge in [-0.25, -0.2) is 9.18 Å². The van der Waals surface area contributed by atoms with Gasteiger partial charge in [-0.15, -0.1) is 0 Å². The number of carbonyl (C=O) groups excluding carboxylic acids is 1. The molecule has 0 amide bonds. The number of anilines is 2. The molecule has 2 N–H and O–H groups in total. The molecule has 0 aromatic heterocycles. The van der Waals surface area contributed by atoms with Gasteiger partial charge in [0.25, 0.3) is 5.69 Å². The molecule has 0 heterocycles. The molecule has 0 radical (unpaired) electrons. The molecule has 2 aromatic carbocycles. The van der Waals surface area contributed by atoms with Gasteiger partial charge in [-0.1, -0.05) is 11.6 Å². The highest BCUT2D eigenvalue weighted by molar-refractivity contribution is 6.33. The summed E-state index contributed by atoms with van der Waals surface area (Å²) in [5.41, 5.74) is -0.870. The van der Waals surface area contributed by atoms with E-state index in [1.165, 1.54) is 6.07 Å². The van der Waals surface area contributed by atoms with E-state index in [9.17, 15) is 24.1 Å². The summed E-state index contributed by atoms with van der Waals surface area (Å²) in [7, 11) is 0. The number of halogens is 2. The van der Waals surface area contributed by atoms with Crippen molar-refractivity contribution in [1.29, 1.82) is 0 Å². The number of carbonyl (C=O) groups is 2. The minimum absolute atomic E-state index is 0.0510. The van der Waals surface area contributed by atoms with E-state index >= 15 is 0 Å². The molecule has 0 aliphatic rings. The number of nitrogens with one attached hydrogen (secondary N) is 1. The Morgan fingerprint density at radius 3 is 2.48 bits per heavy atom. The Morgan fingerprint density at radius 2 is 1.96 bits per heavy atom. The molecular weight excluding hydrogens is 359 g/mol. The number of ether oxygens (including phenoxy) is 1. The van der Waals surface area contributed by atoms with Crippen molar-refractivity contribution < 1.29 is 28.7 Å². The molecule has 2 rings (SSSR count). The van der Waals surface area contributed by atoms with Crippen LogP contribution in [0.25, 0.3) is 0 Å². The normalized spacial score (nSPS) is 10.2. The van der Waals surface area contributed by atoms with Crippen LogP contribution in [0.1, 0.15) is 17.3 Å². The highest BCUT2D eigenvalue weighted by Crippen LogP contribution is 2.33. The summed E-state index contributed by atoms with van der Waals surface area (Å²) >= 11 is 5.91. The number of carboxylic acids is 1. The van der Waals surface area contributed by atoms with Crippen molar-refractivity contribution in [3.63, 3.8) is 0 Å². The van der Waals surface area contributed by atoms with E-state index in [2.05, 4.69) is 5.32 Å². The van der Waals surface area contributed by atoms with E-state index in [4.69, 9.17) is 21.4 Å². The molecule has 0 bridgehead atoms. The minimum Gasteiger partial charge on any atom is -0.478 e. The first-order chi connectivity index (χ1) is 11.7. The van der Waals surface area contributed by atoms with Gasteiger partial charge in [0, 0.05) is 25.1 Å². The molecule has 10 heteroatoms. The lowest BCUT2D eigenvalue weighted by atomic mass is 10.1. The molecule has 0 saturated carbocycles. The second-order valence-corrected chi connectivity index (χ2v) is 5.18. The lowest BCUT2D eigenvalue weighted by molar-refractivity contribution is -0.384. The summed E-state index contributed by atoms with van der Waals surface area (Å²) in [5, 5.41) is 22.3. The molecule has 0 atom stereocenters. The summed E-state index contributed by atoms with van der Waals surface area (Å²) in [4.78, 5) is 32.2. The maximum Gasteiger partial charge on any atom is 0.339 e. The molecule has 0 saturated heterocycles. The second kappa shape index (κ2) is 7.14. The lowest BCUT2D eigenvalue weighted by Crippen LogP contribution is -2.09. The molecule has 25 heavy (non-hydrogen) atoms. The molecule has 0 aliphatic heterocycles. The van der Waals surface area contributed by atoms with Crippen molar-refractivity contribution in [2.24, 2.45) is 0 Å². The Morgan fingerprint density at radius 1 is 1.28 bits per heavy atom. The number of non-ortho nitro benzene ring substituents is 1. The van der Waals surface area contributed by atoms with Gasteiger partial charge in [-0.3, -0.25) is 14.9 Å². The maximum absolute atomic E-state index is 14.1. The predicted molar refractivity (Wildman–Crippen MR) is 86.1 cm³/mol. The third-order valence-corrected chi connectivity index (χ3v) is 3.30. The lowest BCUT2D eigenvalue weighted by Gasteiger charge is -2.13. The molecule has 0 unspecified atom stereocenters. The standard InChI is InChI=1S/C15H10ClFN2O6/c1-7(20)25-14-6-13(11(17)5-9(14)15(21)22)18-12-3-2-8(19(23)24)4-10(12)16/h2-6,18H,1H3,(H,21,22). The number of aromatic carboxylic acids is 1. The molecule has 130 valence electrons. The Bertz CT molecular complexity index is 887. The average molecular weight is 369 g/mol. The van der Waals surface area contributed by atoms with E-state index in [1.54, 1.807) is 0 Å². The van der Waals surface area contributed by atoms with E-state index < -0.39 is 28.2 Å². The summed E-state index contributed by atoms with van der Waals surface area (Å²) in [6.45, 7) is 1.06. The maximum atomic E-state index is 14.1. The fraction of sp³-hybridized carbons (Fsp3) is 0.0667. The number of nitro benzene ring substituents is 1. The summed E-state index contributed by atoms with van der Waals surface area (Å²) in [6, 6.07) is 5.15. The van der Waals surface area contributed by atoms with Crippen LogP contribution in [0, 0.1) is 15.9 Å². The van der Waals surface area contributed by atoms with Gasteiger partial charge in [0.05, 0.1) is 21.3 Å². The zero-order chi connectivity index (χ0) is 18.7. The van der Waals surface area contributed by atoms with Crippen LogP contribution < -0.4 is 10.1 Å². The summed E-state index contributed by atoms with van der Waals surface area (Å²) in [6.07, 6.45) is 0. The van der Waals surface area contributed by atoms with Crippen LogP contribution in [-0.4, -0.2) is 22.0 Å². The molecule has 0 aliphatic carbocycles. The SMILES string of the molecule is CC(=O)Oc1cc(Nc2ccc([N+](=O)[O-])cc2Cl)c(F)cc1C(=O)O. The van der Waals surface area contributed by atoms with Gasteiger partial charge < -0.3 is 15.2 Å². The van der Waals surface area contributed by atoms with Gasteiger partial charge in [0.1, 0.15) is 17.1 Å². The highest BCUT2D eigenvalue weighted by atomic mass is 35.5. The van der Waals surface area contributed by atoms with Gasteiger partial charge in [0.15, 0.2) is 0 Å². The number of hydrogen-bond donors (Lipinski definition) is 2. The first-order valence-corrected chi connectivity index (χ1v) is 7.03. The molecule has 8 nitrogen and oxygen atoms in total. The van der Waals surface area contributed by atoms with Crippen LogP contribution in [0.4, 0.5) is 21.5 Å². The van der Waals surface area contributed by atoms with E-state index in [0.717, 1.165) is 25.1 Å². The van der Waals surface area contributed by atoms with E-state index in [1.807, 2.05) is 0 Å². The Hall–Kier alpha value is -3.20.